The molecule has 0 aromatic heterocycles. The predicted octanol–water partition coefficient (Wildman–Crippen LogP) is 0.592. The Morgan fingerprint density at radius 3 is 2.44 bits per heavy atom. The minimum Gasteiger partial charge on any atom is -0.269 e. The van der Waals surface area contributed by atoms with Crippen LogP contribution in [0.5, 0.6) is 0 Å². The van der Waals surface area contributed by atoms with Crippen molar-refractivity contribution in [2.45, 2.75) is 6.92 Å². The van der Waals surface area contributed by atoms with Crippen LogP contribution in [0.2, 0.25) is 0 Å². The van der Waals surface area contributed by atoms with Gasteiger partial charge in [-0.15, -0.1) is 11.6 Å². The maximum Gasteiger partial charge on any atom is 0.267 e. The molecular weight excluding hydrogens is 164 g/mol. The summed E-state index contributed by atoms with van der Waals surface area (Å²) in [4.78, 5) is 0. The number of halogens is 1. The summed E-state index contributed by atoms with van der Waals surface area (Å²) in [6, 6.07) is 0. The minimum atomic E-state index is -3.27. The lowest BCUT2D eigenvalue weighted by Gasteiger charge is -1.97. The second-order valence-electron chi connectivity index (χ2n) is 1.36. The minimum absolute atomic E-state index is 0.00386. The Morgan fingerprint density at radius 2 is 2.11 bits per heavy atom. The third kappa shape index (κ3) is 4.69. The van der Waals surface area contributed by atoms with Crippen LogP contribution in [0, 0.1) is 0 Å². The molecule has 5 heteroatoms. The second kappa shape index (κ2) is 4.09. The Morgan fingerprint density at radius 1 is 1.56 bits per heavy atom. The van der Waals surface area contributed by atoms with Crippen LogP contribution in [0.3, 0.4) is 0 Å². The maximum atomic E-state index is 10.5. The first kappa shape index (κ1) is 9.20. The average molecular weight is 173 g/mol. The van der Waals surface area contributed by atoms with Crippen molar-refractivity contribution in [1.82, 2.24) is 0 Å². The van der Waals surface area contributed by atoms with Gasteiger partial charge in [0.25, 0.3) is 10.1 Å². The van der Waals surface area contributed by atoms with Gasteiger partial charge in [-0.1, -0.05) is 0 Å². The Labute approximate surface area is 60.1 Å². The third-order valence-corrected chi connectivity index (χ3v) is 2.08. The van der Waals surface area contributed by atoms with E-state index in [-0.39, 0.29) is 18.2 Å². The fourth-order valence-electron chi connectivity index (χ4n) is 0.242. The molecule has 0 aromatic carbocycles. The zero-order valence-corrected chi connectivity index (χ0v) is 6.70. The summed E-state index contributed by atoms with van der Waals surface area (Å²) in [6.45, 7) is 1.58. The monoisotopic (exact) mass is 172 g/mol. The molecule has 0 unspecified atom stereocenters. The predicted molar refractivity (Wildman–Crippen MR) is 36.1 cm³/mol. The van der Waals surface area contributed by atoms with E-state index in [0.29, 0.717) is 0 Å². The fourth-order valence-corrected chi connectivity index (χ4v) is 0.914. The van der Waals surface area contributed by atoms with E-state index in [1.54, 1.807) is 0 Å². The molecule has 0 heterocycles. The Hall–Kier alpha value is 0.200. The quantitative estimate of drug-likeness (QED) is 0.461. The van der Waals surface area contributed by atoms with Gasteiger partial charge in [-0.3, -0.25) is 4.18 Å². The van der Waals surface area contributed by atoms with Crippen LogP contribution < -0.4 is 0 Å². The van der Waals surface area contributed by atoms with Crippen molar-refractivity contribution >= 4 is 21.7 Å². The summed E-state index contributed by atoms with van der Waals surface area (Å²) in [7, 11) is -3.27. The molecule has 0 fully saturated rings. The van der Waals surface area contributed by atoms with Gasteiger partial charge in [0.1, 0.15) is 0 Å². The van der Waals surface area contributed by atoms with Crippen LogP contribution in [0.1, 0.15) is 6.92 Å². The van der Waals surface area contributed by atoms with Crippen molar-refractivity contribution in [3.8, 4) is 0 Å². The number of hydrogen-bond acceptors (Lipinski definition) is 3. The van der Waals surface area contributed by atoms with Crippen LogP contribution in [-0.4, -0.2) is 26.7 Å². The third-order valence-electron chi connectivity index (χ3n) is 0.694. The average Bonchev–Trinajstić information content (AvgIpc) is 1.84. The van der Waals surface area contributed by atoms with Gasteiger partial charge >= 0.3 is 0 Å². The largest absolute Gasteiger partial charge is 0.269 e. The molecule has 0 N–H and O–H groups in total. The van der Waals surface area contributed by atoms with Gasteiger partial charge in [-0.05, 0) is 6.92 Å². The molecule has 0 rings (SSSR count). The molecule has 9 heavy (non-hydrogen) atoms. The Kier molecular flexibility index (Phi) is 4.18. The number of hydrogen-bond donors (Lipinski definition) is 0. The standard InChI is InChI=1S/C4H9ClO3S/c1-2-9(6,7)8-4-3-5/h2-4H2,1H3. The maximum absolute atomic E-state index is 10.5. The molecule has 0 aliphatic heterocycles. The molecule has 0 bridgehead atoms. The first-order valence-electron chi connectivity index (χ1n) is 2.55. The smallest absolute Gasteiger partial charge is 0.267 e. The van der Waals surface area contributed by atoms with E-state index < -0.39 is 10.1 Å². The Bertz CT molecular complexity index is 151. The molecule has 56 valence electrons. The van der Waals surface area contributed by atoms with Crippen molar-refractivity contribution < 1.29 is 12.6 Å². The van der Waals surface area contributed by atoms with E-state index in [2.05, 4.69) is 4.18 Å². The van der Waals surface area contributed by atoms with E-state index in [1.807, 2.05) is 0 Å². The number of rotatable bonds is 4. The first-order valence-corrected chi connectivity index (χ1v) is 4.66. The van der Waals surface area contributed by atoms with Gasteiger partial charge < -0.3 is 0 Å². The van der Waals surface area contributed by atoms with Gasteiger partial charge in [0, 0.05) is 5.88 Å². The van der Waals surface area contributed by atoms with Gasteiger partial charge in [-0.2, -0.15) is 8.42 Å². The Balaban J connectivity index is 3.61. The highest BCUT2D eigenvalue weighted by Gasteiger charge is 2.04. The molecule has 0 atom stereocenters. The highest BCUT2D eigenvalue weighted by atomic mass is 35.5. The van der Waals surface area contributed by atoms with Gasteiger partial charge in [0.2, 0.25) is 0 Å². The zero-order valence-electron chi connectivity index (χ0n) is 5.13. The summed E-state index contributed by atoms with van der Waals surface area (Å²) in [6.07, 6.45) is 0. The molecular formula is C4H9ClO3S. The molecule has 0 spiro atoms. The normalized spacial score (nSPS) is 11.8. The van der Waals surface area contributed by atoms with E-state index in [0.717, 1.165) is 0 Å². The van der Waals surface area contributed by atoms with Crippen molar-refractivity contribution in [1.29, 1.82) is 0 Å². The molecule has 0 aliphatic rings. The van der Waals surface area contributed by atoms with Gasteiger partial charge in [0.05, 0.1) is 12.4 Å². The first-order chi connectivity index (χ1) is 4.12. The molecule has 0 saturated carbocycles. The van der Waals surface area contributed by atoms with Crippen LogP contribution in [-0.2, 0) is 14.3 Å². The molecule has 0 amide bonds. The van der Waals surface area contributed by atoms with Crippen LogP contribution in [0.15, 0.2) is 0 Å². The van der Waals surface area contributed by atoms with Crippen molar-refractivity contribution in [2.75, 3.05) is 18.2 Å². The van der Waals surface area contributed by atoms with Crippen LogP contribution >= 0.6 is 11.6 Å². The summed E-state index contributed by atoms with van der Waals surface area (Å²) in [5.74, 6) is 0.211. The van der Waals surface area contributed by atoms with Crippen LogP contribution in [0.25, 0.3) is 0 Å². The van der Waals surface area contributed by atoms with E-state index >= 15 is 0 Å². The van der Waals surface area contributed by atoms with Crippen molar-refractivity contribution in [3.63, 3.8) is 0 Å². The van der Waals surface area contributed by atoms with E-state index in [1.165, 1.54) is 6.92 Å². The molecule has 0 aliphatic carbocycles. The van der Waals surface area contributed by atoms with E-state index in [4.69, 9.17) is 11.6 Å². The van der Waals surface area contributed by atoms with Crippen molar-refractivity contribution in [3.05, 3.63) is 0 Å². The lowest BCUT2D eigenvalue weighted by molar-refractivity contribution is 0.341. The lowest BCUT2D eigenvalue weighted by Crippen LogP contribution is -2.09. The second-order valence-corrected chi connectivity index (χ2v) is 3.66. The summed E-state index contributed by atoms with van der Waals surface area (Å²) < 4.78 is 25.3. The SMILES string of the molecule is CCS(=O)(=O)OCCCl. The summed E-state index contributed by atoms with van der Waals surface area (Å²) >= 11 is 5.18. The van der Waals surface area contributed by atoms with E-state index in [9.17, 15) is 8.42 Å². The van der Waals surface area contributed by atoms with Crippen LogP contribution in [0.4, 0.5) is 0 Å². The topological polar surface area (TPSA) is 43.4 Å². The van der Waals surface area contributed by atoms with Crippen molar-refractivity contribution in [2.24, 2.45) is 0 Å². The lowest BCUT2D eigenvalue weighted by atomic mass is 10.9. The molecule has 0 aromatic rings. The molecule has 0 radical (unpaired) electrons. The fraction of sp³-hybridized carbons (Fsp3) is 1.00. The van der Waals surface area contributed by atoms with Gasteiger partial charge in [0.15, 0.2) is 0 Å². The highest BCUT2D eigenvalue weighted by molar-refractivity contribution is 7.86. The molecule has 3 nitrogen and oxygen atoms in total. The highest BCUT2D eigenvalue weighted by Crippen LogP contribution is 1.91. The zero-order chi connectivity index (χ0) is 7.33. The summed E-state index contributed by atoms with van der Waals surface area (Å²) in [5.41, 5.74) is 0. The summed E-state index contributed by atoms with van der Waals surface area (Å²) in [5, 5.41) is 0. The molecule has 0 saturated heterocycles. The number of alkyl halides is 1. The van der Waals surface area contributed by atoms with Gasteiger partial charge in [-0.25, -0.2) is 0 Å².